The molecule has 0 aliphatic rings. The van der Waals surface area contributed by atoms with Gasteiger partial charge in [0.1, 0.15) is 0 Å². The minimum atomic E-state index is 0.574. The standard InChI is InChI=1S/C15H14Cl2N4/c1-18-6-9-7-19-14-5-11(8-20-15(9)14)21-13-3-2-10(16)4-12(13)17/h2-5,7-8,18-19,21H,6H2,1H3. The van der Waals surface area contributed by atoms with E-state index in [9.17, 15) is 0 Å². The lowest BCUT2D eigenvalue weighted by atomic mass is 10.2. The predicted octanol–water partition coefficient (Wildman–Crippen LogP) is 4.33. The van der Waals surface area contributed by atoms with Crippen molar-refractivity contribution in [1.29, 1.82) is 0 Å². The Morgan fingerprint density at radius 1 is 1.24 bits per heavy atom. The number of fused-ring (bicyclic) bond motifs is 1. The maximum absolute atomic E-state index is 6.16. The van der Waals surface area contributed by atoms with E-state index in [2.05, 4.69) is 20.6 Å². The van der Waals surface area contributed by atoms with Gasteiger partial charge in [-0.2, -0.15) is 0 Å². The number of benzene rings is 1. The number of rotatable bonds is 4. The monoisotopic (exact) mass is 320 g/mol. The zero-order valence-electron chi connectivity index (χ0n) is 11.4. The van der Waals surface area contributed by atoms with Crippen LogP contribution in [0.4, 0.5) is 11.4 Å². The van der Waals surface area contributed by atoms with Crippen LogP contribution in [-0.2, 0) is 6.54 Å². The number of H-pyrrole nitrogens is 1. The number of aromatic amines is 1. The van der Waals surface area contributed by atoms with Gasteiger partial charge in [-0.25, -0.2) is 0 Å². The molecule has 2 heterocycles. The Labute approximate surface area is 132 Å². The number of nitrogens with zero attached hydrogens (tertiary/aromatic N) is 1. The van der Waals surface area contributed by atoms with Crippen LogP contribution in [-0.4, -0.2) is 17.0 Å². The van der Waals surface area contributed by atoms with Crippen LogP contribution < -0.4 is 10.6 Å². The summed E-state index contributed by atoms with van der Waals surface area (Å²) >= 11 is 12.1. The van der Waals surface area contributed by atoms with Crippen molar-refractivity contribution in [1.82, 2.24) is 15.3 Å². The highest BCUT2D eigenvalue weighted by molar-refractivity contribution is 6.36. The molecule has 0 aliphatic carbocycles. The van der Waals surface area contributed by atoms with E-state index in [4.69, 9.17) is 23.2 Å². The fourth-order valence-electron chi connectivity index (χ4n) is 2.20. The molecule has 4 nitrogen and oxygen atoms in total. The average Bonchev–Trinajstić information content (AvgIpc) is 2.85. The Hall–Kier alpha value is -1.75. The maximum atomic E-state index is 6.16. The second-order valence-corrected chi connectivity index (χ2v) is 5.56. The molecule has 0 saturated heterocycles. The van der Waals surface area contributed by atoms with E-state index in [0.717, 1.165) is 34.5 Å². The summed E-state index contributed by atoms with van der Waals surface area (Å²) in [6.07, 6.45) is 3.76. The molecule has 0 fully saturated rings. The third kappa shape index (κ3) is 2.97. The lowest BCUT2D eigenvalue weighted by molar-refractivity contribution is 0.822. The Morgan fingerprint density at radius 3 is 2.86 bits per heavy atom. The van der Waals surface area contributed by atoms with Gasteiger partial charge in [0.15, 0.2) is 0 Å². The van der Waals surface area contributed by atoms with Gasteiger partial charge in [-0.05, 0) is 31.3 Å². The van der Waals surface area contributed by atoms with Gasteiger partial charge in [0.2, 0.25) is 0 Å². The van der Waals surface area contributed by atoms with E-state index in [1.165, 1.54) is 0 Å². The summed E-state index contributed by atoms with van der Waals surface area (Å²) in [6, 6.07) is 7.35. The lowest BCUT2D eigenvalue weighted by Crippen LogP contribution is -2.04. The van der Waals surface area contributed by atoms with Crippen molar-refractivity contribution < 1.29 is 0 Å². The van der Waals surface area contributed by atoms with Crippen LogP contribution >= 0.6 is 23.2 Å². The summed E-state index contributed by atoms with van der Waals surface area (Å²) in [5, 5.41) is 7.55. The van der Waals surface area contributed by atoms with Crippen molar-refractivity contribution in [2.75, 3.05) is 12.4 Å². The normalized spacial score (nSPS) is 11.0. The number of halogens is 2. The molecule has 0 unspecified atom stereocenters. The zero-order valence-corrected chi connectivity index (χ0v) is 12.9. The molecule has 0 saturated carbocycles. The van der Waals surface area contributed by atoms with E-state index >= 15 is 0 Å². The number of hydrogen-bond donors (Lipinski definition) is 3. The number of hydrogen-bond acceptors (Lipinski definition) is 3. The molecule has 3 aromatic rings. The lowest BCUT2D eigenvalue weighted by Gasteiger charge is -2.08. The fourth-order valence-corrected chi connectivity index (χ4v) is 2.66. The van der Waals surface area contributed by atoms with Gasteiger partial charge in [0.25, 0.3) is 0 Å². The van der Waals surface area contributed by atoms with Gasteiger partial charge in [0.05, 0.1) is 33.6 Å². The number of pyridine rings is 1. The Bertz CT molecular complexity index is 782. The van der Waals surface area contributed by atoms with Gasteiger partial charge < -0.3 is 15.6 Å². The van der Waals surface area contributed by atoms with Crippen LogP contribution in [0.5, 0.6) is 0 Å². The Kier molecular flexibility index (Phi) is 4.01. The predicted molar refractivity (Wildman–Crippen MR) is 88.6 cm³/mol. The smallest absolute Gasteiger partial charge is 0.0925 e. The quantitative estimate of drug-likeness (QED) is 0.670. The summed E-state index contributed by atoms with van der Waals surface area (Å²) in [5.74, 6) is 0. The minimum Gasteiger partial charge on any atom is -0.359 e. The van der Waals surface area contributed by atoms with Gasteiger partial charge in [-0.15, -0.1) is 0 Å². The fraction of sp³-hybridized carbons (Fsp3) is 0.133. The van der Waals surface area contributed by atoms with Crippen molar-refractivity contribution in [3.63, 3.8) is 0 Å². The maximum Gasteiger partial charge on any atom is 0.0925 e. The van der Waals surface area contributed by atoms with Crippen molar-refractivity contribution in [2.24, 2.45) is 0 Å². The largest absolute Gasteiger partial charge is 0.359 e. The summed E-state index contributed by atoms with van der Waals surface area (Å²) < 4.78 is 0. The molecule has 3 rings (SSSR count). The molecule has 3 N–H and O–H groups in total. The van der Waals surface area contributed by atoms with Crippen molar-refractivity contribution in [3.8, 4) is 0 Å². The van der Waals surface area contributed by atoms with Crippen LogP contribution in [0.3, 0.4) is 0 Å². The van der Waals surface area contributed by atoms with Crippen LogP contribution in [0.1, 0.15) is 5.56 Å². The van der Waals surface area contributed by atoms with Crippen LogP contribution in [0, 0.1) is 0 Å². The average molecular weight is 321 g/mol. The first-order chi connectivity index (χ1) is 10.2. The van der Waals surface area contributed by atoms with Crippen LogP contribution in [0.2, 0.25) is 10.0 Å². The van der Waals surface area contributed by atoms with Crippen molar-refractivity contribution >= 4 is 45.6 Å². The highest BCUT2D eigenvalue weighted by atomic mass is 35.5. The minimum absolute atomic E-state index is 0.574. The summed E-state index contributed by atoms with van der Waals surface area (Å²) in [6.45, 7) is 0.781. The first-order valence-electron chi connectivity index (χ1n) is 6.50. The molecule has 1 aromatic carbocycles. The molecule has 0 radical (unpaired) electrons. The molecule has 0 spiro atoms. The topological polar surface area (TPSA) is 52.7 Å². The van der Waals surface area contributed by atoms with Crippen LogP contribution in [0.15, 0.2) is 36.7 Å². The van der Waals surface area contributed by atoms with E-state index in [-0.39, 0.29) is 0 Å². The summed E-state index contributed by atoms with van der Waals surface area (Å²) in [5.41, 5.74) is 4.75. The highest BCUT2D eigenvalue weighted by Crippen LogP contribution is 2.29. The highest BCUT2D eigenvalue weighted by Gasteiger charge is 2.07. The van der Waals surface area contributed by atoms with E-state index in [1.54, 1.807) is 18.3 Å². The van der Waals surface area contributed by atoms with Crippen molar-refractivity contribution in [3.05, 3.63) is 52.3 Å². The van der Waals surface area contributed by atoms with E-state index in [0.29, 0.717) is 10.0 Å². The van der Waals surface area contributed by atoms with Gasteiger partial charge in [-0.1, -0.05) is 23.2 Å². The molecule has 0 atom stereocenters. The molecule has 2 aromatic heterocycles. The number of anilines is 2. The van der Waals surface area contributed by atoms with Crippen LogP contribution in [0.25, 0.3) is 11.0 Å². The molecule has 0 bridgehead atoms. The van der Waals surface area contributed by atoms with Gasteiger partial charge >= 0.3 is 0 Å². The molecular weight excluding hydrogens is 307 g/mol. The molecule has 6 heteroatoms. The molecule has 108 valence electrons. The molecular formula is C15H14Cl2N4. The Balaban J connectivity index is 1.91. The van der Waals surface area contributed by atoms with E-state index < -0.39 is 0 Å². The van der Waals surface area contributed by atoms with Crippen molar-refractivity contribution in [2.45, 2.75) is 6.54 Å². The third-order valence-electron chi connectivity index (χ3n) is 3.17. The SMILES string of the molecule is CNCc1c[nH]c2cc(Nc3ccc(Cl)cc3Cl)cnc12. The van der Waals surface area contributed by atoms with E-state index in [1.807, 2.05) is 25.4 Å². The summed E-state index contributed by atoms with van der Waals surface area (Å²) in [4.78, 5) is 7.73. The summed E-state index contributed by atoms with van der Waals surface area (Å²) in [7, 11) is 1.91. The first-order valence-corrected chi connectivity index (χ1v) is 7.25. The molecule has 0 aliphatic heterocycles. The second-order valence-electron chi connectivity index (χ2n) is 4.71. The number of nitrogens with one attached hydrogen (secondary N) is 3. The first kappa shape index (κ1) is 14.2. The van der Waals surface area contributed by atoms with Gasteiger partial charge in [0, 0.05) is 23.3 Å². The zero-order chi connectivity index (χ0) is 14.8. The Morgan fingerprint density at radius 2 is 2.10 bits per heavy atom. The molecule has 0 amide bonds. The third-order valence-corrected chi connectivity index (χ3v) is 3.72. The second kappa shape index (κ2) is 5.93. The van der Waals surface area contributed by atoms with Gasteiger partial charge in [-0.3, -0.25) is 4.98 Å². The number of aromatic nitrogens is 2. The molecule has 21 heavy (non-hydrogen) atoms.